The standard InChI is InChI=1S/C34H44N6O4.C5H11NO.C2H6/c1-44-30(21-40-18-16-25-12-7-8-17-34(25,36)22-40)28(19-23-9-3-2-4-10-23)38-33(43)29(20-31(35)41)39-32(42)27-15-14-24-11-5-6-13-26(24)37-27;1-5(2,3)6-4-7;1-2/h2-6,9-11,13-15,25,28-30H,7-8,12,16-22,36H2,1H3,(H2,35,41)(H,38,43)(H,39,42);4H,1-3H3,(H,6,7);1-2H3/t25?,28?,29-,30?,34?;;/m0../s1. The lowest BCUT2D eigenvalue weighted by Gasteiger charge is -2.49. The molecule has 1 aliphatic heterocycles. The zero-order chi connectivity index (χ0) is 39.0. The summed E-state index contributed by atoms with van der Waals surface area (Å²) in [7, 11) is 1.65. The average Bonchev–Trinajstić information content (AvgIpc) is 3.13. The summed E-state index contributed by atoms with van der Waals surface area (Å²) in [5.74, 6) is -1.24. The maximum atomic E-state index is 13.8. The first-order chi connectivity index (χ1) is 25.3. The number of aromatic nitrogens is 1. The molecule has 2 aromatic carbocycles. The van der Waals surface area contributed by atoms with Crippen LogP contribution in [0.1, 0.15) is 89.2 Å². The van der Waals surface area contributed by atoms with E-state index >= 15 is 0 Å². The Bertz CT molecular complexity index is 1610. The van der Waals surface area contributed by atoms with E-state index in [0.29, 0.717) is 30.8 Å². The van der Waals surface area contributed by atoms with E-state index < -0.39 is 29.8 Å². The summed E-state index contributed by atoms with van der Waals surface area (Å²) >= 11 is 0. The smallest absolute Gasteiger partial charge is 0.270 e. The summed E-state index contributed by atoms with van der Waals surface area (Å²) in [6.45, 7) is 12.1. The van der Waals surface area contributed by atoms with Gasteiger partial charge >= 0.3 is 0 Å². The monoisotopic (exact) mass is 731 g/mol. The highest BCUT2D eigenvalue weighted by atomic mass is 16.5. The Hall–Kier alpha value is -4.39. The van der Waals surface area contributed by atoms with Gasteiger partial charge in [0.25, 0.3) is 5.91 Å². The van der Waals surface area contributed by atoms with Crippen molar-refractivity contribution in [1.29, 1.82) is 0 Å². The summed E-state index contributed by atoms with van der Waals surface area (Å²) in [6, 6.07) is 19.0. The van der Waals surface area contributed by atoms with Gasteiger partial charge in [0.15, 0.2) is 0 Å². The number of nitrogens with zero attached hydrogens (tertiary/aromatic N) is 2. The van der Waals surface area contributed by atoms with Crippen LogP contribution in [0.15, 0.2) is 66.7 Å². The molecule has 290 valence electrons. The van der Waals surface area contributed by atoms with E-state index in [2.05, 4.69) is 25.8 Å². The molecule has 12 nitrogen and oxygen atoms in total. The van der Waals surface area contributed by atoms with Gasteiger partial charge in [0, 0.05) is 36.7 Å². The Balaban J connectivity index is 0.000000754. The summed E-state index contributed by atoms with van der Waals surface area (Å²) in [5.41, 5.74) is 14.0. The molecule has 1 aliphatic carbocycles. The number of carbonyl (C=O) groups is 4. The number of hydrogen-bond acceptors (Lipinski definition) is 8. The number of ether oxygens (including phenoxy) is 1. The number of piperidine rings is 1. The van der Waals surface area contributed by atoms with Crippen molar-refractivity contribution in [3.05, 3.63) is 78.0 Å². The number of rotatable bonds is 13. The molecule has 7 N–H and O–H groups in total. The molecule has 4 amide bonds. The molecule has 1 saturated carbocycles. The SMILES string of the molecule is CC.CC(C)(C)NC=O.COC(CN1CCC2CCCCC2(N)C1)C(Cc1ccccc1)NC(=O)[C@H](CC(N)=O)NC(=O)c1ccc2ccccc2n1. The maximum Gasteiger partial charge on any atom is 0.270 e. The average molecular weight is 732 g/mol. The number of primary amides is 1. The van der Waals surface area contributed by atoms with Crippen LogP contribution < -0.4 is 27.4 Å². The van der Waals surface area contributed by atoms with Crippen molar-refractivity contribution in [2.45, 2.75) is 109 Å². The lowest BCUT2D eigenvalue weighted by Crippen LogP contribution is -2.63. The van der Waals surface area contributed by atoms with Gasteiger partial charge < -0.3 is 32.2 Å². The van der Waals surface area contributed by atoms with Crippen LogP contribution in [0.3, 0.4) is 0 Å². The minimum atomic E-state index is -1.19. The molecule has 3 aromatic rings. The molecule has 1 aromatic heterocycles. The first-order valence-corrected chi connectivity index (χ1v) is 18.8. The Morgan fingerprint density at radius 2 is 1.70 bits per heavy atom. The van der Waals surface area contributed by atoms with E-state index in [0.717, 1.165) is 43.3 Å². The van der Waals surface area contributed by atoms with E-state index in [1.165, 1.54) is 12.8 Å². The van der Waals surface area contributed by atoms with Gasteiger partial charge in [-0.25, -0.2) is 4.98 Å². The van der Waals surface area contributed by atoms with Crippen molar-refractivity contribution in [3.63, 3.8) is 0 Å². The number of benzene rings is 2. The summed E-state index contributed by atoms with van der Waals surface area (Å²) in [5, 5.41) is 9.28. The molecule has 2 fully saturated rings. The second kappa shape index (κ2) is 20.7. The Morgan fingerprint density at radius 3 is 2.34 bits per heavy atom. The van der Waals surface area contributed by atoms with E-state index in [1.54, 1.807) is 19.2 Å². The molecule has 2 heterocycles. The number of likely N-dealkylation sites (tertiary alicyclic amines) is 1. The van der Waals surface area contributed by atoms with Crippen LogP contribution in [0.5, 0.6) is 0 Å². The molecule has 2 aliphatic rings. The van der Waals surface area contributed by atoms with Crippen LogP contribution in [0.25, 0.3) is 10.9 Å². The number of methoxy groups -OCH3 is 1. The molecule has 12 heteroatoms. The minimum Gasteiger partial charge on any atom is -0.378 e. The van der Waals surface area contributed by atoms with Gasteiger partial charge in [-0.05, 0) is 76.6 Å². The predicted molar refractivity (Wildman–Crippen MR) is 210 cm³/mol. The van der Waals surface area contributed by atoms with E-state index in [4.69, 9.17) is 16.2 Å². The van der Waals surface area contributed by atoms with Crippen molar-refractivity contribution in [1.82, 2.24) is 25.8 Å². The number of carbonyl (C=O) groups excluding carboxylic acids is 4. The number of nitrogens with two attached hydrogens (primary N) is 2. The van der Waals surface area contributed by atoms with Gasteiger partial charge in [0.1, 0.15) is 11.7 Å². The molecule has 0 bridgehead atoms. The first-order valence-electron chi connectivity index (χ1n) is 18.8. The number of hydrogen-bond donors (Lipinski definition) is 5. The van der Waals surface area contributed by atoms with Gasteiger partial charge in [-0.2, -0.15) is 0 Å². The summed E-state index contributed by atoms with van der Waals surface area (Å²) in [6.07, 6.45) is 6.15. The van der Waals surface area contributed by atoms with Crippen LogP contribution in [0.4, 0.5) is 0 Å². The summed E-state index contributed by atoms with van der Waals surface area (Å²) < 4.78 is 6.02. The Morgan fingerprint density at radius 1 is 1.00 bits per heavy atom. The van der Waals surface area contributed by atoms with Gasteiger partial charge in [0.2, 0.25) is 18.2 Å². The largest absolute Gasteiger partial charge is 0.378 e. The second-order valence-corrected chi connectivity index (χ2v) is 14.9. The number of pyridine rings is 1. The van der Waals surface area contributed by atoms with Crippen molar-refractivity contribution in [2.75, 3.05) is 26.7 Å². The van der Waals surface area contributed by atoms with E-state index in [-0.39, 0.29) is 29.3 Å². The van der Waals surface area contributed by atoms with Gasteiger partial charge in [0.05, 0.1) is 24.1 Å². The molecule has 5 rings (SSSR count). The van der Waals surface area contributed by atoms with E-state index in [9.17, 15) is 19.2 Å². The highest BCUT2D eigenvalue weighted by Crippen LogP contribution is 2.38. The molecular weight excluding hydrogens is 670 g/mol. The molecule has 0 spiro atoms. The fraction of sp³-hybridized carbons (Fsp3) is 0.537. The van der Waals surface area contributed by atoms with Crippen molar-refractivity contribution < 1.29 is 23.9 Å². The third-order valence-electron chi connectivity index (χ3n) is 9.74. The Kier molecular flexibility index (Phi) is 16.8. The quantitative estimate of drug-likeness (QED) is 0.163. The van der Waals surface area contributed by atoms with Gasteiger partial charge in [-0.1, -0.05) is 81.3 Å². The first kappa shape index (κ1) is 43.0. The molecule has 0 radical (unpaired) electrons. The van der Waals surface area contributed by atoms with Crippen LogP contribution >= 0.6 is 0 Å². The number of fused-ring (bicyclic) bond motifs is 2. The zero-order valence-corrected chi connectivity index (χ0v) is 32.4. The molecule has 1 saturated heterocycles. The molecule has 5 atom stereocenters. The second-order valence-electron chi connectivity index (χ2n) is 14.9. The number of nitrogens with one attached hydrogen (secondary N) is 3. The van der Waals surface area contributed by atoms with Crippen LogP contribution in [0.2, 0.25) is 0 Å². The predicted octanol–water partition coefficient (Wildman–Crippen LogP) is 4.10. The maximum absolute atomic E-state index is 13.8. The summed E-state index contributed by atoms with van der Waals surface area (Å²) in [4.78, 5) is 55.5. The van der Waals surface area contributed by atoms with Gasteiger partial charge in [-0.15, -0.1) is 0 Å². The van der Waals surface area contributed by atoms with E-state index in [1.807, 2.05) is 89.2 Å². The number of para-hydroxylation sites is 1. The number of amides is 4. The van der Waals surface area contributed by atoms with Crippen molar-refractivity contribution >= 4 is 35.0 Å². The highest BCUT2D eigenvalue weighted by molar-refractivity contribution is 5.99. The molecule has 53 heavy (non-hydrogen) atoms. The van der Waals surface area contributed by atoms with Crippen LogP contribution in [-0.2, 0) is 25.5 Å². The molecule has 4 unspecified atom stereocenters. The van der Waals surface area contributed by atoms with Crippen LogP contribution in [-0.4, -0.2) is 90.0 Å². The Labute approximate surface area is 315 Å². The minimum absolute atomic E-state index is 0.0677. The normalized spacial score (nSPS) is 20.1. The fourth-order valence-electron chi connectivity index (χ4n) is 7.03. The highest BCUT2D eigenvalue weighted by Gasteiger charge is 2.42. The van der Waals surface area contributed by atoms with Crippen molar-refractivity contribution in [2.24, 2.45) is 17.4 Å². The molecular formula is C41H61N7O5. The topological polar surface area (TPSA) is 182 Å². The van der Waals surface area contributed by atoms with Crippen LogP contribution in [0, 0.1) is 5.92 Å². The third-order valence-corrected chi connectivity index (χ3v) is 9.74. The fourth-order valence-corrected chi connectivity index (χ4v) is 7.03. The lowest BCUT2D eigenvalue weighted by molar-refractivity contribution is -0.128. The third kappa shape index (κ3) is 13.5. The van der Waals surface area contributed by atoms with Crippen molar-refractivity contribution in [3.8, 4) is 0 Å². The zero-order valence-electron chi connectivity index (χ0n) is 32.4. The lowest BCUT2D eigenvalue weighted by atomic mass is 9.69. The van der Waals surface area contributed by atoms with Gasteiger partial charge in [-0.3, -0.25) is 24.1 Å².